The number of carbonyl (C=O) groups is 1. The Morgan fingerprint density at radius 1 is 0.955 bits per heavy atom. The number of nitrogen functional groups attached to an aromatic ring is 1. The molecule has 0 spiro atoms. The second-order valence-electron chi connectivity index (χ2n) is 12.2. The van der Waals surface area contributed by atoms with E-state index in [1.165, 1.54) is 0 Å². The van der Waals surface area contributed by atoms with Crippen LogP contribution in [0.3, 0.4) is 0 Å². The molecule has 3 heterocycles. The number of nitrogens with zero attached hydrogens (tertiary/aromatic N) is 3. The van der Waals surface area contributed by atoms with Crippen LogP contribution >= 0.6 is 0 Å². The molecule has 0 unspecified atom stereocenters. The van der Waals surface area contributed by atoms with Gasteiger partial charge in [-0.2, -0.15) is 0 Å². The molecule has 1 aliphatic carbocycles. The number of pyridine rings is 1. The fourth-order valence-electron chi connectivity index (χ4n) is 5.64. The Morgan fingerprint density at radius 2 is 1.64 bits per heavy atom. The van der Waals surface area contributed by atoms with Crippen molar-refractivity contribution < 1.29 is 9.53 Å². The molecule has 3 aromatic carbocycles. The summed E-state index contributed by atoms with van der Waals surface area (Å²) in [6.07, 6.45) is 5.62. The number of nitrogens with two attached hydrogens (primary N) is 1. The zero-order chi connectivity index (χ0) is 30.9. The molecule has 7 rings (SSSR count). The zero-order valence-electron chi connectivity index (χ0n) is 25.6. The zero-order valence-corrected chi connectivity index (χ0v) is 25.6. The predicted molar refractivity (Wildman–Crippen MR) is 177 cm³/mol. The van der Waals surface area contributed by atoms with E-state index in [2.05, 4.69) is 56.6 Å². The highest BCUT2D eigenvalue weighted by atomic mass is 16.5. The van der Waals surface area contributed by atoms with E-state index < -0.39 is 0 Å². The third-order valence-electron chi connectivity index (χ3n) is 8.38. The largest absolute Gasteiger partial charge is 0.399 e. The molecule has 0 bridgehead atoms. The molecule has 1 saturated carbocycles. The lowest BCUT2D eigenvalue weighted by atomic mass is 9.72. The number of imidazole rings is 1. The first-order valence-electron chi connectivity index (χ1n) is 14.9. The Labute approximate surface area is 258 Å². The van der Waals surface area contributed by atoms with Crippen LogP contribution < -0.4 is 16.4 Å². The molecule has 0 radical (unpaired) electrons. The first kappa shape index (κ1) is 29.1. The average Bonchev–Trinajstić information content (AvgIpc) is 3.34. The maximum Gasteiger partial charge on any atom is 0.207 e. The molecule has 8 nitrogen and oxygen atoms in total. The fourth-order valence-corrected chi connectivity index (χ4v) is 5.64. The summed E-state index contributed by atoms with van der Waals surface area (Å²) in [5, 5.41) is 6.57. The van der Waals surface area contributed by atoms with Gasteiger partial charge in [0.05, 0.1) is 33.9 Å². The second kappa shape index (κ2) is 11.6. The summed E-state index contributed by atoms with van der Waals surface area (Å²) in [4.78, 5) is 21.3. The lowest BCUT2D eigenvalue weighted by Crippen LogP contribution is -2.47. The third-order valence-corrected chi connectivity index (χ3v) is 8.38. The molecule has 4 N–H and O–H groups in total. The van der Waals surface area contributed by atoms with E-state index in [1.807, 2.05) is 69.3 Å². The average molecular weight is 587 g/mol. The van der Waals surface area contributed by atoms with Gasteiger partial charge in [0.1, 0.15) is 5.82 Å². The summed E-state index contributed by atoms with van der Waals surface area (Å²) in [5.41, 5.74) is 14.3. The molecular formula is C36H38N6O2. The van der Waals surface area contributed by atoms with Crippen LogP contribution in [0, 0.1) is 0 Å². The fraction of sp³-hybridized carbons (Fsp3) is 0.250. The number of aromatic nitrogens is 3. The normalized spacial score (nSPS) is 14.3. The highest BCUT2D eigenvalue weighted by molar-refractivity contribution is 5.91. The molecule has 5 aromatic rings. The topological polar surface area (TPSA) is 107 Å². The second-order valence-corrected chi connectivity index (χ2v) is 12.2. The van der Waals surface area contributed by atoms with Crippen LogP contribution in [0.15, 0.2) is 91.1 Å². The van der Waals surface area contributed by atoms with Gasteiger partial charge in [-0.05, 0) is 82.0 Å². The molecule has 1 fully saturated rings. The highest BCUT2D eigenvalue weighted by Crippen LogP contribution is 2.46. The summed E-state index contributed by atoms with van der Waals surface area (Å²) in [7, 11) is 1.71. The van der Waals surface area contributed by atoms with Crippen molar-refractivity contribution in [3.8, 4) is 39.6 Å². The molecule has 1 amide bonds. The Bertz CT molecular complexity index is 1780. The summed E-state index contributed by atoms with van der Waals surface area (Å²) in [5.74, 6) is 1.60. The molecule has 0 atom stereocenters. The minimum absolute atomic E-state index is 0.0417. The maximum absolute atomic E-state index is 11.3. The van der Waals surface area contributed by atoms with Gasteiger partial charge in [0, 0.05) is 35.7 Å². The standard InChI is InChI=1S/C31H26N6O.C5H12O/c32-23-14-10-20(11-15-23)27-28(21-8-12-22(13-9-21)31(34-19-38)16-4-17-31)37-26-7-3-18-33-29(26)35-25-6-2-1-5-24(25)30(37)36-27;1-5(2,3)6-4/h1-3,5-15,18-19H,4,16-17,32H2,(H,33,35)(H,34,38);1-4H3. The van der Waals surface area contributed by atoms with Gasteiger partial charge < -0.3 is 21.1 Å². The summed E-state index contributed by atoms with van der Waals surface area (Å²) < 4.78 is 7.14. The van der Waals surface area contributed by atoms with E-state index in [4.69, 9.17) is 15.5 Å². The number of methoxy groups -OCH3 is 1. The van der Waals surface area contributed by atoms with Gasteiger partial charge >= 0.3 is 0 Å². The van der Waals surface area contributed by atoms with E-state index in [-0.39, 0.29) is 11.1 Å². The van der Waals surface area contributed by atoms with Crippen molar-refractivity contribution in [3.63, 3.8) is 0 Å². The number of ether oxygens (including phenoxy) is 1. The molecule has 2 aromatic heterocycles. The smallest absolute Gasteiger partial charge is 0.207 e. The molecule has 2 aliphatic rings. The summed E-state index contributed by atoms with van der Waals surface area (Å²) >= 11 is 0. The highest BCUT2D eigenvalue weighted by Gasteiger charge is 2.38. The van der Waals surface area contributed by atoms with Crippen LogP contribution in [0.2, 0.25) is 0 Å². The number of nitrogens with one attached hydrogen (secondary N) is 2. The first-order valence-corrected chi connectivity index (χ1v) is 14.9. The van der Waals surface area contributed by atoms with E-state index >= 15 is 0 Å². The Hall–Kier alpha value is -4.95. The molecular weight excluding hydrogens is 548 g/mol. The SMILES string of the molecule is COC(C)(C)C.Nc1ccc(-c2nc3n(c2-c2ccc(C4(NC=O)CCC4)cc2)-c2cccnc2Nc2ccccc2-3)cc1. The van der Waals surface area contributed by atoms with Gasteiger partial charge in [-0.1, -0.05) is 48.5 Å². The van der Waals surface area contributed by atoms with Crippen molar-refractivity contribution in [2.45, 2.75) is 51.2 Å². The number of fused-ring (bicyclic) bond motifs is 5. The van der Waals surface area contributed by atoms with Crippen LogP contribution in [-0.2, 0) is 15.1 Å². The quantitative estimate of drug-likeness (QED) is 0.143. The molecule has 0 saturated heterocycles. The lowest BCUT2D eigenvalue weighted by molar-refractivity contribution is -0.112. The van der Waals surface area contributed by atoms with Gasteiger partial charge in [-0.15, -0.1) is 0 Å². The first-order chi connectivity index (χ1) is 21.2. The van der Waals surface area contributed by atoms with Gasteiger partial charge in [-0.3, -0.25) is 9.36 Å². The lowest BCUT2D eigenvalue weighted by Gasteiger charge is -2.42. The molecule has 224 valence electrons. The number of hydrogen-bond donors (Lipinski definition) is 3. The molecule has 1 aliphatic heterocycles. The number of carbonyl (C=O) groups excluding carboxylic acids is 1. The van der Waals surface area contributed by atoms with Crippen molar-refractivity contribution in [3.05, 3.63) is 96.7 Å². The summed E-state index contributed by atoms with van der Waals surface area (Å²) in [6, 6.07) is 28.5. The number of anilines is 3. The van der Waals surface area contributed by atoms with Crippen LogP contribution in [0.5, 0.6) is 0 Å². The minimum atomic E-state index is -0.270. The van der Waals surface area contributed by atoms with Crippen LogP contribution in [0.4, 0.5) is 17.2 Å². The number of para-hydroxylation sites is 1. The van der Waals surface area contributed by atoms with Crippen molar-refractivity contribution in [1.29, 1.82) is 0 Å². The third kappa shape index (κ3) is 5.44. The van der Waals surface area contributed by atoms with Crippen LogP contribution in [0.25, 0.3) is 39.6 Å². The van der Waals surface area contributed by atoms with Crippen molar-refractivity contribution in [1.82, 2.24) is 19.9 Å². The van der Waals surface area contributed by atoms with E-state index in [1.54, 1.807) is 13.3 Å². The van der Waals surface area contributed by atoms with Crippen molar-refractivity contribution >= 4 is 23.6 Å². The van der Waals surface area contributed by atoms with Crippen molar-refractivity contribution in [2.24, 2.45) is 0 Å². The maximum atomic E-state index is 11.3. The number of benzene rings is 3. The Morgan fingerprint density at radius 3 is 2.27 bits per heavy atom. The Balaban J connectivity index is 0.000000523. The number of hydrogen-bond acceptors (Lipinski definition) is 6. The van der Waals surface area contributed by atoms with E-state index in [0.717, 1.165) is 82.3 Å². The van der Waals surface area contributed by atoms with Gasteiger partial charge in [0.25, 0.3) is 0 Å². The van der Waals surface area contributed by atoms with E-state index in [9.17, 15) is 4.79 Å². The van der Waals surface area contributed by atoms with E-state index in [0.29, 0.717) is 5.69 Å². The van der Waals surface area contributed by atoms with Crippen LogP contribution in [0.1, 0.15) is 45.6 Å². The van der Waals surface area contributed by atoms with Gasteiger partial charge in [0.15, 0.2) is 5.82 Å². The number of amides is 1. The summed E-state index contributed by atoms with van der Waals surface area (Å²) in [6.45, 7) is 6.06. The molecule has 8 heteroatoms. The predicted octanol–water partition coefficient (Wildman–Crippen LogP) is 7.46. The van der Waals surface area contributed by atoms with Gasteiger partial charge in [-0.25, -0.2) is 9.97 Å². The monoisotopic (exact) mass is 586 g/mol. The van der Waals surface area contributed by atoms with Gasteiger partial charge in [0.2, 0.25) is 6.41 Å². The molecule has 44 heavy (non-hydrogen) atoms. The Kier molecular flexibility index (Phi) is 7.69. The van der Waals surface area contributed by atoms with Crippen LogP contribution in [-0.4, -0.2) is 33.7 Å². The minimum Gasteiger partial charge on any atom is -0.399 e. The number of rotatable bonds is 5. The van der Waals surface area contributed by atoms with Crippen molar-refractivity contribution in [2.75, 3.05) is 18.2 Å².